The van der Waals surface area contributed by atoms with E-state index < -0.39 is 0 Å². The quantitative estimate of drug-likeness (QED) is 0.646. The molecule has 3 saturated carbocycles. The van der Waals surface area contributed by atoms with Gasteiger partial charge in [0.05, 0.1) is 6.04 Å². The number of hydrogen-bond donors (Lipinski definition) is 0. The number of carbonyl (C=O) groups excluding carboxylic acids is 1. The van der Waals surface area contributed by atoms with Gasteiger partial charge in [-0.15, -0.1) is 0 Å². The minimum absolute atomic E-state index is 0.0431. The monoisotopic (exact) mass is 329 g/mol. The molecule has 0 N–H and O–H groups in total. The van der Waals surface area contributed by atoms with Crippen molar-refractivity contribution in [3.05, 3.63) is 16.6 Å². The first kappa shape index (κ1) is 16.5. The lowest BCUT2D eigenvalue weighted by molar-refractivity contribution is -0.117. The maximum atomic E-state index is 11.9. The highest BCUT2D eigenvalue weighted by molar-refractivity contribution is 5.91. The fourth-order valence-corrected chi connectivity index (χ4v) is 7.47. The third-order valence-corrected chi connectivity index (χ3v) is 8.78. The van der Waals surface area contributed by atoms with Gasteiger partial charge in [-0.2, -0.15) is 4.91 Å². The Morgan fingerprint density at radius 1 is 1.08 bits per heavy atom. The number of nitrogens with zero attached hydrogens (tertiary/aromatic N) is 1. The van der Waals surface area contributed by atoms with E-state index in [4.69, 9.17) is 0 Å². The van der Waals surface area contributed by atoms with Crippen LogP contribution in [0.3, 0.4) is 0 Å². The number of hydrogen-bond acceptors (Lipinski definition) is 3. The minimum Gasteiger partial charge on any atom is -0.295 e. The molecule has 0 aromatic heterocycles. The van der Waals surface area contributed by atoms with Crippen LogP contribution in [0.2, 0.25) is 0 Å². The van der Waals surface area contributed by atoms with Crippen LogP contribution in [0.4, 0.5) is 0 Å². The predicted molar refractivity (Wildman–Crippen MR) is 95.5 cm³/mol. The maximum Gasteiger partial charge on any atom is 0.155 e. The molecule has 7 atom stereocenters. The van der Waals surface area contributed by atoms with Crippen LogP contribution in [0, 0.1) is 39.4 Å². The molecular formula is C21H31NO2. The molecule has 0 amide bonds. The molecule has 0 aliphatic heterocycles. The van der Waals surface area contributed by atoms with Crippen LogP contribution in [0.15, 0.2) is 16.8 Å². The number of fused-ring (bicyclic) bond motifs is 5. The smallest absolute Gasteiger partial charge is 0.155 e. The molecular weight excluding hydrogens is 298 g/mol. The molecule has 6 unspecified atom stereocenters. The summed E-state index contributed by atoms with van der Waals surface area (Å²) in [6.45, 7) is 6.91. The lowest BCUT2D eigenvalue weighted by atomic mass is 9.46. The predicted octanol–water partition coefficient (Wildman–Crippen LogP) is 5.29. The Morgan fingerprint density at radius 3 is 2.62 bits per heavy atom. The van der Waals surface area contributed by atoms with E-state index in [9.17, 15) is 9.70 Å². The molecule has 0 bridgehead atoms. The van der Waals surface area contributed by atoms with Crippen LogP contribution in [-0.4, -0.2) is 11.8 Å². The first-order valence-corrected chi connectivity index (χ1v) is 9.96. The van der Waals surface area contributed by atoms with Crippen molar-refractivity contribution in [3.8, 4) is 0 Å². The highest BCUT2D eigenvalue weighted by atomic mass is 16.3. The van der Waals surface area contributed by atoms with Crippen molar-refractivity contribution in [2.45, 2.75) is 78.2 Å². The summed E-state index contributed by atoms with van der Waals surface area (Å²) in [6.07, 6.45) is 11.1. The number of rotatable bonds is 2. The molecule has 3 fully saturated rings. The van der Waals surface area contributed by atoms with Crippen LogP contribution in [0.25, 0.3) is 0 Å². The number of allylic oxidation sites excluding steroid dienone is 1. The van der Waals surface area contributed by atoms with Gasteiger partial charge < -0.3 is 0 Å². The third-order valence-electron chi connectivity index (χ3n) is 8.78. The second-order valence-corrected chi connectivity index (χ2v) is 9.54. The number of ketones is 1. The molecule has 0 spiro atoms. The molecule has 132 valence electrons. The van der Waals surface area contributed by atoms with Crippen LogP contribution in [0.1, 0.15) is 72.1 Å². The van der Waals surface area contributed by atoms with Crippen molar-refractivity contribution in [3.63, 3.8) is 0 Å². The molecule has 4 aliphatic carbocycles. The van der Waals surface area contributed by atoms with Crippen molar-refractivity contribution in [2.24, 2.45) is 39.7 Å². The second kappa shape index (κ2) is 5.51. The van der Waals surface area contributed by atoms with Crippen LogP contribution >= 0.6 is 0 Å². The average molecular weight is 329 g/mol. The lowest BCUT2D eigenvalue weighted by Gasteiger charge is -2.58. The molecule has 0 aromatic carbocycles. The van der Waals surface area contributed by atoms with Gasteiger partial charge in [-0.25, -0.2) is 0 Å². The summed E-state index contributed by atoms with van der Waals surface area (Å²) in [5, 5.41) is 3.40. The van der Waals surface area contributed by atoms with Gasteiger partial charge in [0.1, 0.15) is 0 Å². The molecule has 0 saturated heterocycles. The first-order chi connectivity index (χ1) is 11.4. The Morgan fingerprint density at radius 2 is 1.88 bits per heavy atom. The van der Waals surface area contributed by atoms with Gasteiger partial charge >= 0.3 is 0 Å². The molecule has 0 aromatic rings. The van der Waals surface area contributed by atoms with E-state index in [1.807, 2.05) is 13.0 Å². The van der Waals surface area contributed by atoms with Gasteiger partial charge in [-0.05, 0) is 92.4 Å². The van der Waals surface area contributed by atoms with Crippen molar-refractivity contribution < 1.29 is 4.79 Å². The normalized spacial score (nSPS) is 48.8. The molecule has 24 heavy (non-hydrogen) atoms. The van der Waals surface area contributed by atoms with Crippen molar-refractivity contribution in [2.75, 3.05) is 0 Å². The van der Waals surface area contributed by atoms with E-state index in [2.05, 4.69) is 19.0 Å². The summed E-state index contributed by atoms with van der Waals surface area (Å²) < 4.78 is 0. The zero-order valence-corrected chi connectivity index (χ0v) is 15.4. The highest BCUT2D eigenvalue weighted by Crippen LogP contribution is 2.67. The van der Waals surface area contributed by atoms with Gasteiger partial charge in [0.2, 0.25) is 0 Å². The molecule has 0 heterocycles. The zero-order valence-electron chi connectivity index (χ0n) is 15.4. The third kappa shape index (κ3) is 2.12. The molecule has 4 aliphatic rings. The standard InChI is InChI=1S/C21H31NO2/c1-13(22-24)17-6-7-18-16-5-4-14-12-15(23)8-10-20(14,2)19(16)9-11-21(17,18)3/h12-13,16-19H,4-11H2,1-3H3/t13?,16?,17-,18?,19?,20?,21?/m1/s1. The summed E-state index contributed by atoms with van der Waals surface area (Å²) in [7, 11) is 0. The summed E-state index contributed by atoms with van der Waals surface area (Å²) >= 11 is 0. The van der Waals surface area contributed by atoms with E-state index in [0.29, 0.717) is 17.1 Å². The Bertz CT molecular complexity index is 597. The van der Waals surface area contributed by atoms with Crippen LogP contribution < -0.4 is 0 Å². The molecule has 0 radical (unpaired) electrons. The van der Waals surface area contributed by atoms with Gasteiger partial charge in [0.15, 0.2) is 5.78 Å². The Balaban J connectivity index is 1.65. The zero-order chi connectivity index (χ0) is 17.1. The molecule has 3 nitrogen and oxygen atoms in total. The molecule has 3 heteroatoms. The van der Waals surface area contributed by atoms with E-state index in [0.717, 1.165) is 37.0 Å². The average Bonchev–Trinajstić information content (AvgIpc) is 2.92. The summed E-state index contributed by atoms with van der Waals surface area (Å²) in [5.41, 5.74) is 2.00. The van der Waals surface area contributed by atoms with Crippen LogP contribution in [-0.2, 0) is 4.79 Å². The SMILES string of the molecule is CC(N=O)[C@H]1CCC2C3CCC4=CC(=O)CCC4(C)C3CCC21C. The fourth-order valence-electron chi connectivity index (χ4n) is 7.47. The topological polar surface area (TPSA) is 46.5 Å². The summed E-state index contributed by atoms with van der Waals surface area (Å²) in [6, 6.07) is -0.0431. The number of nitroso groups, excluding NO2 is 1. The first-order valence-electron chi connectivity index (χ1n) is 9.96. The van der Waals surface area contributed by atoms with Crippen LogP contribution in [0.5, 0.6) is 0 Å². The Labute approximate surface area is 145 Å². The lowest BCUT2D eigenvalue weighted by Crippen LogP contribution is -2.51. The molecule has 4 rings (SSSR count). The van der Waals surface area contributed by atoms with Crippen molar-refractivity contribution in [1.29, 1.82) is 0 Å². The minimum atomic E-state index is -0.0431. The van der Waals surface area contributed by atoms with Crippen molar-refractivity contribution in [1.82, 2.24) is 0 Å². The highest BCUT2D eigenvalue weighted by Gasteiger charge is 2.59. The van der Waals surface area contributed by atoms with Gasteiger partial charge in [0.25, 0.3) is 0 Å². The van der Waals surface area contributed by atoms with Gasteiger partial charge in [-0.3, -0.25) is 4.79 Å². The Hall–Kier alpha value is -0.990. The van der Waals surface area contributed by atoms with E-state index in [1.165, 1.54) is 37.7 Å². The Kier molecular flexibility index (Phi) is 3.78. The summed E-state index contributed by atoms with van der Waals surface area (Å²) in [5.74, 6) is 3.08. The fraction of sp³-hybridized carbons (Fsp3) is 0.857. The van der Waals surface area contributed by atoms with Gasteiger partial charge in [0, 0.05) is 6.42 Å². The van der Waals surface area contributed by atoms with E-state index >= 15 is 0 Å². The van der Waals surface area contributed by atoms with Crippen molar-refractivity contribution >= 4 is 5.78 Å². The van der Waals surface area contributed by atoms with E-state index in [1.54, 1.807) is 0 Å². The van der Waals surface area contributed by atoms with Gasteiger partial charge in [-0.1, -0.05) is 24.6 Å². The largest absolute Gasteiger partial charge is 0.295 e. The second-order valence-electron chi connectivity index (χ2n) is 9.54. The summed E-state index contributed by atoms with van der Waals surface area (Å²) in [4.78, 5) is 23.1. The number of carbonyl (C=O) groups is 1. The van der Waals surface area contributed by atoms with E-state index in [-0.39, 0.29) is 11.5 Å². The maximum absolute atomic E-state index is 11.9.